The predicted octanol–water partition coefficient (Wildman–Crippen LogP) is 9.39. The second-order valence-electron chi connectivity index (χ2n) is 11.5. The maximum absolute atomic E-state index is 15.7. The smallest absolute Gasteiger partial charge is 0.162 e. The highest BCUT2D eigenvalue weighted by atomic mass is 19.2. The minimum atomic E-state index is -0.775. The Bertz CT molecular complexity index is 1430. The first-order valence-electron chi connectivity index (χ1n) is 14.5. The average Bonchev–Trinajstić information content (AvgIpc) is 2.95. The lowest BCUT2D eigenvalue weighted by atomic mass is 9.74. The normalized spacial score (nSPS) is 20.7. The molecule has 1 unspecified atom stereocenters. The Labute approximate surface area is 233 Å². The van der Waals surface area contributed by atoms with Crippen molar-refractivity contribution in [2.24, 2.45) is 5.92 Å². The van der Waals surface area contributed by atoms with Gasteiger partial charge < -0.3 is 0 Å². The Morgan fingerprint density at radius 3 is 2.10 bits per heavy atom. The first-order valence-corrected chi connectivity index (χ1v) is 14.5. The lowest BCUT2D eigenvalue weighted by molar-refractivity contribution is 0.368. The van der Waals surface area contributed by atoms with Gasteiger partial charge in [0.05, 0.1) is 5.56 Å². The number of halogens is 5. The third kappa shape index (κ3) is 5.66. The van der Waals surface area contributed by atoms with Crippen molar-refractivity contribution in [2.45, 2.75) is 89.4 Å². The van der Waals surface area contributed by atoms with Gasteiger partial charge in [0.15, 0.2) is 11.6 Å². The van der Waals surface area contributed by atoms with Gasteiger partial charge in [0.1, 0.15) is 23.5 Å². The van der Waals surface area contributed by atoms with Gasteiger partial charge in [0.2, 0.25) is 0 Å². The first-order chi connectivity index (χ1) is 19.3. The van der Waals surface area contributed by atoms with Crippen LogP contribution in [0.1, 0.15) is 103 Å². The molecule has 0 radical (unpaired) electrons. The molecule has 0 spiro atoms. The van der Waals surface area contributed by atoms with Gasteiger partial charge in [-0.25, -0.2) is 22.0 Å². The largest absolute Gasteiger partial charge is 0.207 e. The Hall–Kier alpha value is -3.20. The fraction of sp³-hybridized carbons (Fsp3) is 0.441. The molecule has 0 bridgehead atoms. The molecule has 0 heterocycles. The number of nitriles is 1. The highest BCUT2D eigenvalue weighted by Gasteiger charge is 2.32. The molecule has 2 aliphatic carbocycles. The highest BCUT2D eigenvalue weighted by molar-refractivity contribution is 5.40. The van der Waals surface area contributed by atoms with Crippen molar-refractivity contribution in [3.63, 3.8) is 0 Å². The summed E-state index contributed by atoms with van der Waals surface area (Å²) in [5.41, 5.74) is 3.04. The van der Waals surface area contributed by atoms with E-state index in [-0.39, 0.29) is 28.9 Å². The van der Waals surface area contributed by atoms with Crippen molar-refractivity contribution in [1.29, 1.82) is 5.26 Å². The number of hydrogen-bond donors (Lipinski definition) is 0. The summed E-state index contributed by atoms with van der Waals surface area (Å²) in [6.07, 6.45) is 6.65. The van der Waals surface area contributed by atoms with E-state index >= 15 is 8.78 Å². The third-order valence-electron chi connectivity index (χ3n) is 9.06. The molecule has 0 N–H and O–H groups in total. The topological polar surface area (TPSA) is 23.8 Å². The number of hydrogen-bond acceptors (Lipinski definition) is 1. The molecule has 40 heavy (non-hydrogen) atoms. The van der Waals surface area contributed by atoms with Gasteiger partial charge in [-0.15, -0.1) is 0 Å². The van der Waals surface area contributed by atoms with E-state index in [9.17, 15) is 13.2 Å². The van der Waals surface area contributed by atoms with Crippen molar-refractivity contribution >= 4 is 0 Å². The molecular weight excluding hydrogens is 517 g/mol. The van der Waals surface area contributed by atoms with Crippen molar-refractivity contribution in [2.75, 3.05) is 0 Å². The second-order valence-corrected chi connectivity index (χ2v) is 11.5. The molecule has 0 amide bonds. The predicted molar refractivity (Wildman–Crippen MR) is 146 cm³/mol. The lowest BCUT2D eigenvalue weighted by Crippen LogP contribution is -2.21. The fourth-order valence-electron chi connectivity index (χ4n) is 6.80. The van der Waals surface area contributed by atoms with Crippen LogP contribution in [-0.2, 0) is 25.7 Å². The summed E-state index contributed by atoms with van der Waals surface area (Å²) in [7, 11) is 0. The maximum Gasteiger partial charge on any atom is 0.162 e. The van der Waals surface area contributed by atoms with E-state index in [0.29, 0.717) is 80.0 Å². The quantitative estimate of drug-likeness (QED) is 0.268. The molecule has 210 valence electrons. The molecule has 3 aromatic rings. The second kappa shape index (κ2) is 12.1. The summed E-state index contributed by atoms with van der Waals surface area (Å²) in [6.45, 7) is 1.92. The maximum atomic E-state index is 15.7. The minimum absolute atomic E-state index is 0.0139. The SMILES string of the molecule is CCCc1ccc(CCC2CCc3c(cc(F)c(C4CCC(c5ccc(C#N)c(F)c5)CC4)c3F)C2)c(F)c1F. The van der Waals surface area contributed by atoms with Gasteiger partial charge in [-0.3, -0.25) is 0 Å². The van der Waals surface area contributed by atoms with E-state index < -0.39 is 29.1 Å². The van der Waals surface area contributed by atoms with E-state index in [1.807, 2.05) is 13.0 Å². The molecule has 0 aliphatic heterocycles. The molecule has 2 aliphatic rings. The standard InChI is InChI=1S/C34H34F5N/c1-2-3-23-11-12-24(33(38)32(23)37)6-4-20-5-15-28-27(16-20)18-30(36)31(34(28)39)22-9-7-21(8-10-22)25-13-14-26(19-40)29(35)17-25/h11-14,17-18,20-22H,2-10,15-16H2,1H3. The number of aryl methyl sites for hydroxylation is 2. The number of benzene rings is 3. The third-order valence-corrected chi connectivity index (χ3v) is 9.06. The van der Waals surface area contributed by atoms with Crippen LogP contribution in [0.15, 0.2) is 36.4 Å². The summed E-state index contributed by atoms with van der Waals surface area (Å²) in [6, 6.07) is 11.3. The summed E-state index contributed by atoms with van der Waals surface area (Å²) in [5.74, 6) is -2.98. The van der Waals surface area contributed by atoms with Crippen molar-refractivity contribution in [3.8, 4) is 6.07 Å². The van der Waals surface area contributed by atoms with Gasteiger partial charge in [-0.1, -0.05) is 31.5 Å². The number of rotatable bonds is 7. The molecule has 0 aromatic heterocycles. The zero-order chi connectivity index (χ0) is 28.4. The summed E-state index contributed by atoms with van der Waals surface area (Å²) < 4.78 is 74.1. The lowest BCUT2D eigenvalue weighted by Gasteiger charge is -2.32. The zero-order valence-corrected chi connectivity index (χ0v) is 22.8. The number of nitrogens with zero attached hydrogens (tertiary/aromatic N) is 1. The van der Waals surface area contributed by atoms with Crippen molar-refractivity contribution in [1.82, 2.24) is 0 Å². The zero-order valence-electron chi connectivity index (χ0n) is 22.8. The van der Waals surface area contributed by atoms with Crippen LogP contribution < -0.4 is 0 Å². The van der Waals surface area contributed by atoms with Gasteiger partial charge in [0, 0.05) is 5.56 Å². The van der Waals surface area contributed by atoms with Gasteiger partial charge in [-0.05, 0) is 128 Å². The van der Waals surface area contributed by atoms with Crippen LogP contribution in [0.2, 0.25) is 0 Å². The summed E-state index contributed by atoms with van der Waals surface area (Å²) in [5, 5.41) is 8.96. The van der Waals surface area contributed by atoms with E-state index in [1.165, 1.54) is 18.2 Å². The Kier molecular flexibility index (Phi) is 8.59. The van der Waals surface area contributed by atoms with Crippen LogP contribution in [0.25, 0.3) is 0 Å². The molecule has 1 saturated carbocycles. The Morgan fingerprint density at radius 1 is 0.775 bits per heavy atom. The van der Waals surface area contributed by atoms with E-state index in [4.69, 9.17) is 5.26 Å². The molecule has 1 nitrogen and oxygen atoms in total. The van der Waals surface area contributed by atoms with Gasteiger partial charge in [-0.2, -0.15) is 5.26 Å². The van der Waals surface area contributed by atoms with Crippen LogP contribution in [-0.4, -0.2) is 0 Å². The van der Waals surface area contributed by atoms with E-state index in [0.717, 1.165) is 18.4 Å². The summed E-state index contributed by atoms with van der Waals surface area (Å²) in [4.78, 5) is 0. The first kappa shape index (κ1) is 28.3. The van der Waals surface area contributed by atoms with Crippen LogP contribution in [0.3, 0.4) is 0 Å². The molecule has 5 rings (SSSR count). The average molecular weight is 552 g/mol. The van der Waals surface area contributed by atoms with E-state index in [2.05, 4.69) is 0 Å². The summed E-state index contributed by atoms with van der Waals surface area (Å²) >= 11 is 0. The molecule has 3 aromatic carbocycles. The molecule has 6 heteroatoms. The Balaban J connectivity index is 1.24. The Morgan fingerprint density at radius 2 is 1.45 bits per heavy atom. The van der Waals surface area contributed by atoms with Crippen LogP contribution in [0.4, 0.5) is 22.0 Å². The molecular formula is C34H34F5N. The van der Waals surface area contributed by atoms with Crippen molar-refractivity contribution in [3.05, 3.63) is 104 Å². The molecule has 0 saturated heterocycles. The van der Waals surface area contributed by atoms with Crippen LogP contribution in [0, 0.1) is 46.3 Å². The van der Waals surface area contributed by atoms with E-state index in [1.54, 1.807) is 18.2 Å². The highest BCUT2D eigenvalue weighted by Crippen LogP contribution is 2.44. The molecule has 1 fully saturated rings. The van der Waals surface area contributed by atoms with Gasteiger partial charge in [0.25, 0.3) is 0 Å². The fourth-order valence-corrected chi connectivity index (χ4v) is 6.80. The van der Waals surface area contributed by atoms with Crippen LogP contribution in [0.5, 0.6) is 0 Å². The minimum Gasteiger partial charge on any atom is -0.207 e. The van der Waals surface area contributed by atoms with Gasteiger partial charge >= 0.3 is 0 Å². The van der Waals surface area contributed by atoms with Crippen LogP contribution >= 0.6 is 0 Å². The monoisotopic (exact) mass is 551 g/mol. The molecule has 1 atom stereocenters. The number of fused-ring (bicyclic) bond motifs is 1. The van der Waals surface area contributed by atoms with Crippen molar-refractivity contribution < 1.29 is 22.0 Å².